The number of aryl methyl sites for hydroxylation is 1. The summed E-state index contributed by atoms with van der Waals surface area (Å²) in [5.74, 6) is 1.76. The molecule has 0 aliphatic heterocycles. The number of aromatic nitrogens is 3. The van der Waals surface area contributed by atoms with Crippen molar-refractivity contribution in [3.63, 3.8) is 0 Å². The predicted octanol–water partition coefficient (Wildman–Crippen LogP) is 4.29. The molecule has 0 atom stereocenters. The average molecular weight is 445 g/mol. The zero-order chi connectivity index (χ0) is 21.3. The molecule has 0 fully saturated rings. The monoisotopic (exact) mass is 444 g/mol. The summed E-state index contributed by atoms with van der Waals surface area (Å²) in [4.78, 5) is 12.2. The number of carbonyl (C=O) groups is 1. The van der Waals surface area contributed by atoms with Crippen LogP contribution in [0.3, 0.4) is 0 Å². The molecule has 0 spiro atoms. The third-order valence-electron chi connectivity index (χ3n) is 4.51. The first-order valence-corrected chi connectivity index (χ1v) is 11.2. The molecule has 0 aliphatic carbocycles. The number of benzene rings is 2. The zero-order valence-corrected chi connectivity index (χ0v) is 18.7. The van der Waals surface area contributed by atoms with E-state index in [1.54, 1.807) is 6.07 Å². The van der Waals surface area contributed by atoms with Gasteiger partial charge in [-0.1, -0.05) is 53.7 Å². The largest absolute Gasteiger partial charge is 0.485 e. The lowest BCUT2D eigenvalue weighted by Crippen LogP contribution is -2.27. The number of ether oxygens (including phenoxy) is 1. The van der Waals surface area contributed by atoms with Crippen molar-refractivity contribution in [2.24, 2.45) is 0 Å². The van der Waals surface area contributed by atoms with Crippen LogP contribution in [0.1, 0.15) is 23.9 Å². The van der Waals surface area contributed by atoms with Gasteiger partial charge in [0.2, 0.25) is 5.91 Å². The lowest BCUT2D eigenvalue weighted by atomic mass is 10.1. The molecule has 8 heteroatoms. The number of nitrogens with one attached hydrogen (secondary N) is 1. The summed E-state index contributed by atoms with van der Waals surface area (Å²) in [7, 11) is 0. The summed E-state index contributed by atoms with van der Waals surface area (Å²) in [6.45, 7) is 5.58. The standard InChI is InChI=1S/C22H25ClN4O2S/c1-3-27-20(14-29-19-10-9-18(23)13-16(19)2)25-26-22(27)30-15-21(28)24-12-11-17-7-5-4-6-8-17/h4-10,13H,3,11-12,14-15H2,1-2H3,(H,24,28). The number of nitrogens with zero attached hydrogens (tertiary/aromatic N) is 3. The van der Waals surface area contributed by atoms with Gasteiger partial charge in [0.15, 0.2) is 11.0 Å². The van der Waals surface area contributed by atoms with Crippen LogP contribution < -0.4 is 10.1 Å². The van der Waals surface area contributed by atoms with Gasteiger partial charge in [0, 0.05) is 18.1 Å². The van der Waals surface area contributed by atoms with Crippen molar-refractivity contribution < 1.29 is 9.53 Å². The Kier molecular flexibility index (Phi) is 8.16. The molecule has 0 radical (unpaired) electrons. The number of rotatable bonds is 10. The predicted molar refractivity (Wildman–Crippen MR) is 120 cm³/mol. The van der Waals surface area contributed by atoms with Crippen LogP contribution in [0, 0.1) is 6.92 Å². The van der Waals surface area contributed by atoms with Crippen LogP contribution in [0.4, 0.5) is 0 Å². The van der Waals surface area contributed by atoms with Crippen LogP contribution in [0.5, 0.6) is 5.75 Å². The molecule has 0 bridgehead atoms. The van der Waals surface area contributed by atoms with Gasteiger partial charge in [0.05, 0.1) is 5.75 Å². The summed E-state index contributed by atoms with van der Waals surface area (Å²) in [6, 6.07) is 15.6. The summed E-state index contributed by atoms with van der Waals surface area (Å²) < 4.78 is 7.85. The molecule has 0 unspecified atom stereocenters. The van der Waals surface area contributed by atoms with E-state index in [4.69, 9.17) is 16.3 Å². The lowest BCUT2D eigenvalue weighted by molar-refractivity contribution is -0.118. The molecule has 1 N–H and O–H groups in total. The Bertz CT molecular complexity index is 979. The van der Waals surface area contributed by atoms with Crippen molar-refractivity contribution in [3.05, 3.63) is 70.5 Å². The summed E-state index contributed by atoms with van der Waals surface area (Å²) in [5, 5.41) is 12.8. The number of carbonyl (C=O) groups excluding carboxylic acids is 1. The van der Waals surface area contributed by atoms with Crippen molar-refractivity contribution in [2.45, 2.75) is 38.6 Å². The summed E-state index contributed by atoms with van der Waals surface area (Å²) in [6.07, 6.45) is 0.813. The molecule has 3 rings (SSSR count). The van der Waals surface area contributed by atoms with Gasteiger partial charge < -0.3 is 14.6 Å². The van der Waals surface area contributed by atoms with Crippen LogP contribution in [0.2, 0.25) is 5.02 Å². The molecule has 158 valence electrons. The van der Waals surface area contributed by atoms with Crippen LogP contribution in [-0.4, -0.2) is 33.0 Å². The van der Waals surface area contributed by atoms with Crippen LogP contribution in [-0.2, 0) is 24.4 Å². The fourth-order valence-corrected chi connectivity index (χ4v) is 4.02. The fourth-order valence-electron chi connectivity index (χ4n) is 2.94. The zero-order valence-electron chi connectivity index (χ0n) is 17.1. The molecular weight excluding hydrogens is 420 g/mol. The Hall–Kier alpha value is -2.51. The first-order valence-electron chi connectivity index (χ1n) is 9.81. The number of hydrogen-bond acceptors (Lipinski definition) is 5. The molecular formula is C22H25ClN4O2S. The molecule has 0 saturated heterocycles. The van der Waals surface area contributed by atoms with Gasteiger partial charge in [-0.15, -0.1) is 10.2 Å². The second-order valence-corrected chi connectivity index (χ2v) is 8.09. The Morgan fingerprint density at radius 2 is 2.00 bits per heavy atom. The van der Waals surface area contributed by atoms with E-state index in [1.807, 2.05) is 48.7 Å². The van der Waals surface area contributed by atoms with Gasteiger partial charge in [-0.2, -0.15) is 0 Å². The summed E-state index contributed by atoms with van der Waals surface area (Å²) in [5.41, 5.74) is 2.17. The molecule has 2 aromatic carbocycles. The molecule has 0 aliphatic rings. The van der Waals surface area contributed by atoms with Crippen molar-refractivity contribution in [1.29, 1.82) is 0 Å². The van der Waals surface area contributed by atoms with Gasteiger partial charge >= 0.3 is 0 Å². The number of halogens is 1. The van der Waals surface area contributed by atoms with Gasteiger partial charge in [-0.3, -0.25) is 4.79 Å². The van der Waals surface area contributed by atoms with E-state index in [0.717, 1.165) is 23.6 Å². The second kappa shape index (κ2) is 11.0. The van der Waals surface area contributed by atoms with Crippen molar-refractivity contribution in [2.75, 3.05) is 12.3 Å². The first-order chi connectivity index (χ1) is 14.6. The van der Waals surface area contributed by atoms with E-state index in [-0.39, 0.29) is 5.91 Å². The van der Waals surface area contributed by atoms with Crippen molar-refractivity contribution in [1.82, 2.24) is 20.1 Å². The third-order valence-corrected chi connectivity index (χ3v) is 5.72. The minimum Gasteiger partial charge on any atom is -0.485 e. The van der Waals surface area contributed by atoms with Gasteiger partial charge in [-0.05, 0) is 49.6 Å². The fraction of sp³-hybridized carbons (Fsp3) is 0.318. The molecule has 6 nitrogen and oxygen atoms in total. The quantitative estimate of drug-likeness (QED) is 0.472. The maximum Gasteiger partial charge on any atom is 0.230 e. The van der Waals surface area contributed by atoms with Crippen LogP contribution >= 0.6 is 23.4 Å². The van der Waals surface area contributed by atoms with E-state index in [9.17, 15) is 4.79 Å². The Balaban J connectivity index is 1.49. The molecule has 1 amide bonds. The SMILES string of the molecule is CCn1c(COc2ccc(Cl)cc2C)nnc1SCC(=O)NCCc1ccccc1. The van der Waals surface area contributed by atoms with Crippen molar-refractivity contribution in [3.8, 4) is 5.75 Å². The Morgan fingerprint density at radius 3 is 2.73 bits per heavy atom. The molecule has 1 heterocycles. The second-order valence-electron chi connectivity index (χ2n) is 6.72. The maximum absolute atomic E-state index is 12.2. The summed E-state index contributed by atoms with van der Waals surface area (Å²) >= 11 is 7.37. The van der Waals surface area contributed by atoms with Crippen LogP contribution in [0.25, 0.3) is 0 Å². The highest BCUT2D eigenvalue weighted by Crippen LogP contribution is 2.23. The molecule has 3 aromatic rings. The number of amides is 1. The van der Waals surface area contributed by atoms with E-state index in [2.05, 4.69) is 27.6 Å². The highest BCUT2D eigenvalue weighted by atomic mass is 35.5. The number of hydrogen-bond donors (Lipinski definition) is 1. The minimum atomic E-state index is -0.0174. The maximum atomic E-state index is 12.2. The molecule has 1 aromatic heterocycles. The Morgan fingerprint density at radius 1 is 1.20 bits per heavy atom. The minimum absolute atomic E-state index is 0.0174. The Labute approximate surface area is 186 Å². The average Bonchev–Trinajstić information content (AvgIpc) is 3.14. The van der Waals surface area contributed by atoms with Gasteiger partial charge in [0.25, 0.3) is 0 Å². The molecule has 30 heavy (non-hydrogen) atoms. The highest BCUT2D eigenvalue weighted by molar-refractivity contribution is 7.99. The van der Waals surface area contributed by atoms with Gasteiger partial charge in [0.1, 0.15) is 12.4 Å². The lowest BCUT2D eigenvalue weighted by Gasteiger charge is -2.11. The van der Waals surface area contributed by atoms with Gasteiger partial charge in [-0.25, -0.2) is 0 Å². The first kappa shape index (κ1) is 22.2. The topological polar surface area (TPSA) is 69.0 Å². The van der Waals surface area contributed by atoms with E-state index < -0.39 is 0 Å². The normalized spacial score (nSPS) is 10.8. The smallest absolute Gasteiger partial charge is 0.230 e. The number of thioether (sulfide) groups is 1. The van der Waals surface area contributed by atoms with Crippen molar-refractivity contribution >= 4 is 29.3 Å². The van der Waals surface area contributed by atoms with E-state index in [1.165, 1.54) is 17.3 Å². The van der Waals surface area contributed by atoms with Crippen LogP contribution in [0.15, 0.2) is 53.7 Å². The van der Waals surface area contributed by atoms with E-state index >= 15 is 0 Å². The van der Waals surface area contributed by atoms with E-state index in [0.29, 0.717) is 35.6 Å². The third kappa shape index (κ3) is 6.24. The molecule has 0 saturated carbocycles. The highest BCUT2D eigenvalue weighted by Gasteiger charge is 2.14.